The van der Waals surface area contributed by atoms with Crippen LogP contribution in [0.3, 0.4) is 0 Å². The molecular formula is C21H53O6P23. The van der Waals surface area contributed by atoms with E-state index in [1.54, 1.807) is 0 Å². The Labute approximate surface area is 341 Å². The van der Waals surface area contributed by atoms with Crippen LogP contribution in [-0.4, -0.2) is 40.8 Å². The van der Waals surface area contributed by atoms with Crippen molar-refractivity contribution in [3.8, 4) is 0 Å². The third kappa shape index (κ3) is 11.7. The fourth-order valence-electron chi connectivity index (χ4n) is 6.87. The summed E-state index contributed by atoms with van der Waals surface area (Å²) in [6.45, 7) is 8.23. The van der Waals surface area contributed by atoms with Crippen molar-refractivity contribution in [1.82, 2.24) is 0 Å². The third-order valence-electron chi connectivity index (χ3n) is 9.35. The second kappa shape index (κ2) is 22.8. The Balaban J connectivity index is 2.37. The van der Waals surface area contributed by atoms with E-state index in [1.165, 1.54) is 0 Å². The number of esters is 1. The first-order valence-electron chi connectivity index (χ1n) is 14.8. The molecule has 50 heavy (non-hydrogen) atoms. The molecule has 0 aromatic heterocycles. The minimum absolute atomic E-state index is 0.105. The quantitative estimate of drug-likeness (QED) is 0.0718. The van der Waals surface area contributed by atoms with Gasteiger partial charge in [0, 0.05) is 38.2 Å². The SMILES string of the molecule is C=CCC[C@@H]1OC(=O)[C@@H]2C(=O)[C@]3(O)C[C@H](OP(P(P)P(P)P)P(P(P)P)P(P)P)C(C)=C([C@H](OP(P(P)P)P(PP)P(P)P)C[C@@]21C)C3(C)C. The van der Waals surface area contributed by atoms with Crippen LogP contribution in [0.4, 0.5) is 0 Å². The summed E-state index contributed by atoms with van der Waals surface area (Å²) >= 11 is 0. The average molecular weight is 1110 g/mol. The highest BCUT2D eigenvalue weighted by atomic mass is 33.2. The fraction of sp³-hybridized carbons (Fsp3) is 0.714. The number of hydrogen-bond donors (Lipinski definition) is 1. The van der Waals surface area contributed by atoms with Gasteiger partial charge in [-0.15, -0.1) is 105 Å². The molecule has 1 saturated heterocycles. The fourth-order valence-corrected chi connectivity index (χ4v) is 169. The number of Topliss-reactive ketones (excluding diaryl/α,β-unsaturated/α-hetero) is 1. The van der Waals surface area contributed by atoms with E-state index < -0.39 is 123 Å². The van der Waals surface area contributed by atoms with Gasteiger partial charge in [-0.25, -0.2) is 0 Å². The van der Waals surface area contributed by atoms with Gasteiger partial charge in [0.25, 0.3) is 0 Å². The first-order chi connectivity index (χ1) is 23.0. The van der Waals surface area contributed by atoms with Crippen LogP contribution >= 0.6 is 186 Å². The van der Waals surface area contributed by atoms with Crippen LogP contribution in [0.25, 0.3) is 0 Å². The van der Waals surface area contributed by atoms with Crippen LogP contribution in [0.5, 0.6) is 0 Å². The van der Waals surface area contributed by atoms with Crippen LogP contribution in [0.15, 0.2) is 23.8 Å². The van der Waals surface area contributed by atoms with E-state index in [9.17, 15) is 9.90 Å². The maximum absolute atomic E-state index is 15.1. The van der Waals surface area contributed by atoms with E-state index in [1.807, 2.05) is 26.8 Å². The predicted molar refractivity (Wildman–Crippen MR) is 290 cm³/mol. The summed E-state index contributed by atoms with van der Waals surface area (Å²) in [6.07, 6.45) is 2.23. The Morgan fingerprint density at radius 1 is 0.880 bits per heavy atom. The van der Waals surface area contributed by atoms with Crippen molar-refractivity contribution in [3.05, 3.63) is 23.8 Å². The Hall–Kier alpha value is 8.39. The predicted octanol–water partition coefficient (Wildman–Crippen LogP) is 15.8. The molecule has 29 heteroatoms. The molecule has 17 unspecified atom stereocenters. The number of ketones is 1. The number of aliphatic hydroxyl groups is 1. The topological polar surface area (TPSA) is 82.1 Å². The van der Waals surface area contributed by atoms with Crippen molar-refractivity contribution in [3.63, 3.8) is 0 Å². The molecule has 0 amide bonds. The number of allylic oxidation sites excluding steroid dienone is 1. The van der Waals surface area contributed by atoms with Crippen molar-refractivity contribution in [2.24, 2.45) is 16.7 Å². The lowest BCUT2D eigenvalue weighted by molar-refractivity contribution is -0.168. The molecule has 1 heterocycles. The number of carbonyl (C=O) groups is 2. The van der Waals surface area contributed by atoms with E-state index in [0.29, 0.717) is 27.2 Å². The molecule has 0 aromatic rings. The molecule has 2 aliphatic carbocycles. The van der Waals surface area contributed by atoms with Crippen molar-refractivity contribution >= 4 is 198 Å². The van der Waals surface area contributed by atoms with Crippen LogP contribution < -0.4 is 0 Å². The van der Waals surface area contributed by atoms with Gasteiger partial charge in [-0.05, 0) is 72.3 Å². The minimum atomic E-state index is -1.86. The highest BCUT2D eigenvalue weighted by molar-refractivity contribution is 9.19. The zero-order valence-electron chi connectivity index (χ0n) is 28.3. The summed E-state index contributed by atoms with van der Waals surface area (Å²) in [5.41, 5.74) is -1.68. The first-order valence-corrected chi connectivity index (χ1v) is 55.2. The van der Waals surface area contributed by atoms with Crippen molar-refractivity contribution in [2.75, 3.05) is 0 Å². The standard InChI is InChI=1S/C21H53O6P23/c1-6-7-8-14-20(5)9-13(27-41(43(29)30)49(40-28)45(33)34)15-11(2)12(26-42(48(39)44(31)32)50(46(35)36)47(37)38)10-21(24,19(15,3)4)17(22)16(20)18(23)25-14/h6,12-14,16,24,40H,1,7-10,28-39H2,2-5H3/t12-,13+,14-,16-,20+,21+,41?,42?,48?,49?/m0/s1. The highest BCUT2D eigenvalue weighted by Gasteiger charge is 2.69. The summed E-state index contributed by atoms with van der Waals surface area (Å²) in [7, 11) is 35.5. The van der Waals surface area contributed by atoms with Crippen molar-refractivity contribution in [1.29, 1.82) is 0 Å². The molecule has 23 atom stereocenters. The number of hydrogen-bond acceptors (Lipinski definition) is 6. The molecule has 2 bridgehead atoms. The summed E-state index contributed by atoms with van der Waals surface area (Å²) < 4.78 is 21.1. The Kier molecular flexibility index (Phi) is 24.1. The molecule has 1 aliphatic heterocycles. The molecule has 0 aromatic carbocycles. The van der Waals surface area contributed by atoms with Crippen LogP contribution in [-0.2, 0) is 23.4 Å². The van der Waals surface area contributed by atoms with E-state index >= 15 is 4.79 Å². The number of ether oxygens (including phenoxy) is 1. The molecule has 3 aliphatic rings. The van der Waals surface area contributed by atoms with Gasteiger partial charge >= 0.3 is 5.97 Å². The molecule has 1 N–H and O–H groups in total. The van der Waals surface area contributed by atoms with Gasteiger partial charge in [0.1, 0.15) is 17.6 Å². The minimum Gasteiger partial charge on any atom is -0.461 e. The summed E-state index contributed by atoms with van der Waals surface area (Å²) in [5.74, 6) is -2.05. The van der Waals surface area contributed by atoms with Crippen LogP contribution in [0.2, 0.25) is 0 Å². The number of fused-ring (bicyclic) bond motifs is 3. The van der Waals surface area contributed by atoms with E-state index in [0.717, 1.165) is 11.1 Å². The Morgan fingerprint density at radius 2 is 1.44 bits per heavy atom. The number of cyclic esters (lactones) is 1. The second-order valence-corrected chi connectivity index (χ2v) is 96.0. The van der Waals surface area contributed by atoms with Crippen LogP contribution in [0, 0.1) is 16.7 Å². The lowest BCUT2D eigenvalue weighted by Crippen LogP contribution is -2.64. The monoisotopic (exact) mass is 1110 g/mol. The van der Waals surface area contributed by atoms with Gasteiger partial charge in [-0.3, -0.25) is 9.59 Å². The summed E-state index contributed by atoms with van der Waals surface area (Å²) in [4.78, 5) is 29.0. The summed E-state index contributed by atoms with van der Waals surface area (Å²) in [6, 6.07) is 0. The molecule has 3 rings (SSSR count). The maximum atomic E-state index is 15.1. The van der Waals surface area contributed by atoms with E-state index in [4.69, 9.17) is 13.8 Å². The third-order valence-corrected chi connectivity index (χ3v) is 127. The smallest absolute Gasteiger partial charge is 0.317 e. The van der Waals surface area contributed by atoms with Gasteiger partial charge in [-0.1, -0.05) is 43.7 Å². The molecule has 0 spiro atoms. The lowest BCUT2D eigenvalue weighted by Gasteiger charge is -2.56. The van der Waals surface area contributed by atoms with E-state index in [-0.39, 0.29) is 6.42 Å². The van der Waals surface area contributed by atoms with Crippen molar-refractivity contribution in [2.45, 2.75) is 77.3 Å². The normalized spacial score (nSPS) is 32.7. The molecule has 6 nitrogen and oxygen atoms in total. The van der Waals surface area contributed by atoms with Gasteiger partial charge < -0.3 is 18.9 Å². The van der Waals surface area contributed by atoms with Crippen molar-refractivity contribution < 1.29 is 28.5 Å². The van der Waals surface area contributed by atoms with Crippen LogP contribution in [0.1, 0.15) is 53.4 Å². The number of carbonyl (C=O) groups excluding carboxylic acids is 2. The molecule has 288 valence electrons. The molecular weight excluding hydrogens is 1060 g/mol. The highest BCUT2D eigenvalue weighted by Crippen LogP contribution is 3.18. The molecule has 0 radical (unpaired) electrons. The average Bonchev–Trinajstić information content (AvgIpc) is 3.23. The first kappa shape index (κ1) is 52.7. The largest absolute Gasteiger partial charge is 0.461 e. The molecule has 2 fully saturated rings. The molecule has 1 saturated carbocycles. The van der Waals surface area contributed by atoms with Gasteiger partial charge in [0.05, 0.1) is 27.3 Å². The number of rotatable bonds is 16. The summed E-state index contributed by atoms with van der Waals surface area (Å²) in [5, 5.41) is 13.1. The zero-order valence-corrected chi connectivity index (χ0v) is 52.1. The van der Waals surface area contributed by atoms with Gasteiger partial charge in [-0.2, -0.15) is 0 Å². The zero-order chi connectivity index (χ0) is 38.3. The van der Waals surface area contributed by atoms with E-state index in [2.05, 4.69) is 121 Å². The Morgan fingerprint density at radius 3 is 1.90 bits per heavy atom. The van der Waals surface area contributed by atoms with Gasteiger partial charge in [0.2, 0.25) is 0 Å². The van der Waals surface area contributed by atoms with Gasteiger partial charge in [0.15, 0.2) is 5.78 Å². The Bertz CT molecular complexity index is 1260. The second-order valence-electron chi connectivity index (χ2n) is 12.7. The maximum Gasteiger partial charge on any atom is 0.317 e. The lowest BCUT2D eigenvalue weighted by atomic mass is 9.51.